The number of amides is 1. The first kappa shape index (κ1) is 21.6. The summed E-state index contributed by atoms with van der Waals surface area (Å²) in [5.41, 5.74) is 2.87. The van der Waals surface area contributed by atoms with E-state index >= 15 is 0 Å². The van der Waals surface area contributed by atoms with Gasteiger partial charge in [0.15, 0.2) is 10.9 Å². The summed E-state index contributed by atoms with van der Waals surface area (Å²) >= 11 is 1.42. The number of para-hydroxylation sites is 1. The second kappa shape index (κ2) is 8.62. The van der Waals surface area contributed by atoms with Crippen molar-refractivity contribution in [3.63, 3.8) is 0 Å². The zero-order valence-electron chi connectivity index (χ0n) is 18.2. The van der Waals surface area contributed by atoms with Crippen LogP contribution >= 0.6 is 11.3 Å². The Labute approximate surface area is 194 Å². The molecule has 0 aliphatic carbocycles. The number of hydrogen-bond donors (Lipinski definition) is 1. The van der Waals surface area contributed by atoms with E-state index in [2.05, 4.69) is 15.3 Å². The summed E-state index contributed by atoms with van der Waals surface area (Å²) in [6, 6.07) is 15.9. The molecule has 1 unspecified atom stereocenters. The fourth-order valence-corrected chi connectivity index (χ4v) is 4.66. The number of pyridine rings is 1. The molecule has 5 rings (SSSR count). The molecular weight excluding hydrogens is 441 g/mol. The van der Waals surface area contributed by atoms with E-state index in [0.717, 1.165) is 15.8 Å². The molecule has 0 radical (unpaired) electrons. The highest BCUT2D eigenvalue weighted by molar-refractivity contribution is 7.22. The molecule has 1 atom stereocenters. The average Bonchev–Trinajstić information content (AvgIpc) is 3.35. The summed E-state index contributed by atoms with van der Waals surface area (Å²) in [6.07, 6.45) is 2.06. The van der Waals surface area contributed by atoms with Crippen molar-refractivity contribution in [2.75, 3.05) is 11.9 Å². The van der Waals surface area contributed by atoms with Gasteiger partial charge in [-0.3, -0.25) is 15.1 Å². The van der Waals surface area contributed by atoms with Crippen molar-refractivity contribution >= 4 is 32.6 Å². The molecule has 2 aromatic heterocycles. The van der Waals surface area contributed by atoms with Gasteiger partial charge in [0, 0.05) is 23.7 Å². The average molecular weight is 464 g/mol. The molecule has 8 heteroatoms. The summed E-state index contributed by atoms with van der Waals surface area (Å²) in [6.45, 7) is 4.19. The van der Waals surface area contributed by atoms with E-state index in [1.165, 1.54) is 17.4 Å². The lowest BCUT2D eigenvalue weighted by atomic mass is 10.1. The summed E-state index contributed by atoms with van der Waals surface area (Å²) < 4.78 is 27.1. The van der Waals surface area contributed by atoms with Crippen molar-refractivity contribution in [1.82, 2.24) is 9.97 Å². The lowest BCUT2D eigenvalue weighted by Crippen LogP contribution is -2.22. The topological polar surface area (TPSA) is 73.3 Å². The Morgan fingerprint density at radius 1 is 1.21 bits per heavy atom. The zero-order chi connectivity index (χ0) is 23.0. The first-order valence-electron chi connectivity index (χ1n) is 10.6. The molecule has 1 N–H and O–H groups in total. The molecule has 2 aromatic carbocycles. The Hall–Kier alpha value is -3.20. The number of anilines is 1. The Balaban J connectivity index is 1.27. The van der Waals surface area contributed by atoms with Crippen LogP contribution < -0.4 is 5.32 Å². The number of nitrogens with one attached hydrogen (secondary N) is 1. The number of aromatic nitrogens is 2. The fraction of sp³-hybridized carbons (Fsp3) is 0.240. The number of thiazole rings is 1. The van der Waals surface area contributed by atoms with E-state index in [-0.39, 0.29) is 17.7 Å². The van der Waals surface area contributed by atoms with Gasteiger partial charge in [0.2, 0.25) is 0 Å². The van der Waals surface area contributed by atoms with Crippen LogP contribution in [-0.4, -0.2) is 34.4 Å². The van der Waals surface area contributed by atoms with Crippen molar-refractivity contribution in [1.29, 1.82) is 0 Å². The second-order valence-electron chi connectivity index (χ2n) is 8.35. The summed E-state index contributed by atoms with van der Waals surface area (Å²) in [5.74, 6) is -1.30. The number of halogens is 1. The van der Waals surface area contributed by atoms with Gasteiger partial charge in [-0.05, 0) is 49.7 Å². The predicted octanol–water partition coefficient (Wildman–Crippen LogP) is 5.44. The largest absolute Gasteiger partial charge is 0.348 e. The summed E-state index contributed by atoms with van der Waals surface area (Å²) in [7, 11) is 0. The highest BCUT2D eigenvalue weighted by atomic mass is 32.1. The minimum Gasteiger partial charge on any atom is -0.348 e. The molecule has 0 spiro atoms. The van der Waals surface area contributed by atoms with E-state index in [9.17, 15) is 9.18 Å². The Bertz CT molecular complexity index is 1290. The normalized spacial score (nSPS) is 17.4. The Morgan fingerprint density at radius 2 is 2.00 bits per heavy atom. The third-order valence-electron chi connectivity index (χ3n) is 5.36. The molecule has 1 amide bonds. The maximum Gasteiger partial charge on any atom is 0.257 e. The van der Waals surface area contributed by atoms with Crippen LogP contribution in [0.15, 0.2) is 60.8 Å². The van der Waals surface area contributed by atoms with Gasteiger partial charge in [0.25, 0.3) is 5.91 Å². The van der Waals surface area contributed by atoms with Gasteiger partial charge in [0.05, 0.1) is 22.9 Å². The third-order valence-corrected chi connectivity index (χ3v) is 6.32. The van der Waals surface area contributed by atoms with Gasteiger partial charge in [-0.25, -0.2) is 9.37 Å². The van der Waals surface area contributed by atoms with Crippen molar-refractivity contribution in [2.45, 2.75) is 32.2 Å². The van der Waals surface area contributed by atoms with Crippen LogP contribution in [-0.2, 0) is 15.9 Å². The first-order valence-corrected chi connectivity index (χ1v) is 11.4. The van der Waals surface area contributed by atoms with Crippen LogP contribution in [0.3, 0.4) is 0 Å². The molecule has 33 heavy (non-hydrogen) atoms. The Kier molecular flexibility index (Phi) is 5.65. The van der Waals surface area contributed by atoms with Crippen molar-refractivity contribution in [2.24, 2.45) is 0 Å². The van der Waals surface area contributed by atoms with E-state index in [1.807, 2.05) is 38.1 Å². The molecule has 1 aliphatic heterocycles. The van der Waals surface area contributed by atoms with E-state index in [4.69, 9.17) is 9.47 Å². The predicted molar refractivity (Wildman–Crippen MR) is 126 cm³/mol. The number of ether oxygens (including phenoxy) is 2. The lowest BCUT2D eigenvalue weighted by molar-refractivity contribution is -0.138. The maximum atomic E-state index is 14.8. The van der Waals surface area contributed by atoms with Gasteiger partial charge >= 0.3 is 0 Å². The molecule has 0 bridgehead atoms. The highest BCUT2D eigenvalue weighted by Crippen LogP contribution is 2.28. The molecule has 1 saturated heterocycles. The molecule has 1 aliphatic rings. The minimum atomic E-state index is -0.613. The number of nitrogens with zero attached hydrogens (tertiary/aromatic N) is 2. The van der Waals surface area contributed by atoms with Gasteiger partial charge in [-0.1, -0.05) is 35.6 Å². The van der Waals surface area contributed by atoms with Gasteiger partial charge in [-0.2, -0.15) is 0 Å². The van der Waals surface area contributed by atoms with Gasteiger partial charge in [-0.15, -0.1) is 0 Å². The van der Waals surface area contributed by atoms with Crippen LogP contribution in [0.1, 0.15) is 29.8 Å². The molecule has 0 saturated carbocycles. The second-order valence-corrected chi connectivity index (χ2v) is 9.38. The monoisotopic (exact) mass is 463 g/mol. The molecule has 6 nitrogen and oxygen atoms in total. The quantitative estimate of drug-likeness (QED) is 0.426. The van der Waals surface area contributed by atoms with Gasteiger partial charge in [0.1, 0.15) is 11.5 Å². The number of benzene rings is 2. The molecule has 168 valence electrons. The van der Waals surface area contributed by atoms with Crippen molar-refractivity contribution in [3.05, 3.63) is 77.7 Å². The van der Waals surface area contributed by atoms with Gasteiger partial charge < -0.3 is 9.47 Å². The number of hydrogen-bond acceptors (Lipinski definition) is 6. The van der Waals surface area contributed by atoms with Crippen LogP contribution in [0.5, 0.6) is 0 Å². The highest BCUT2D eigenvalue weighted by Gasteiger charge is 2.32. The van der Waals surface area contributed by atoms with Crippen molar-refractivity contribution < 1.29 is 18.7 Å². The minimum absolute atomic E-state index is 0.125. The maximum absolute atomic E-state index is 14.8. The number of carbonyl (C=O) groups is 1. The van der Waals surface area contributed by atoms with E-state index < -0.39 is 11.6 Å². The van der Waals surface area contributed by atoms with E-state index in [1.54, 1.807) is 30.5 Å². The number of carbonyl (C=O) groups excluding carboxylic acids is 1. The molecule has 3 heterocycles. The fourth-order valence-electron chi connectivity index (χ4n) is 3.80. The van der Waals surface area contributed by atoms with Crippen LogP contribution in [0.25, 0.3) is 21.5 Å². The van der Waals surface area contributed by atoms with Crippen molar-refractivity contribution in [3.8, 4) is 11.3 Å². The summed E-state index contributed by atoms with van der Waals surface area (Å²) in [4.78, 5) is 21.3. The van der Waals surface area contributed by atoms with E-state index in [0.29, 0.717) is 29.3 Å². The number of rotatable bonds is 5. The smallest absolute Gasteiger partial charge is 0.257 e. The SMILES string of the molecule is CC1(C)OCC(Cc2cnc(-c3ccc(C(=O)Nc4nc5ccccc5s4)cc3)c(F)c2)O1. The molecule has 4 aromatic rings. The zero-order valence-corrected chi connectivity index (χ0v) is 19.0. The molecular formula is C25H22FN3O3S. The third kappa shape index (κ3) is 4.78. The van der Waals surface area contributed by atoms with Crippen LogP contribution in [0.4, 0.5) is 9.52 Å². The molecule has 1 fully saturated rings. The standard InChI is InChI=1S/C25H22FN3O3S/c1-25(2)31-14-18(32-25)11-15-12-19(26)22(27-13-15)16-7-9-17(10-8-16)23(30)29-24-28-20-5-3-4-6-21(20)33-24/h3-10,12-13,18H,11,14H2,1-2H3,(H,28,29,30). The first-order chi connectivity index (χ1) is 15.9. The summed E-state index contributed by atoms with van der Waals surface area (Å²) in [5, 5.41) is 3.36. The Morgan fingerprint density at radius 3 is 2.70 bits per heavy atom. The van der Waals surface area contributed by atoms with Crippen LogP contribution in [0.2, 0.25) is 0 Å². The number of fused-ring (bicyclic) bond motifs is 1. The lowest BCUT2D eigenvalue weighted by Gasteiger charge is -2.17. The van der Waals surface area contributed by atoms with Crippen LogP contribution in [0, 0.1) is 5.82 Å².